The van der Waals surface area contributed by atoms with Crippen molar-refractivity contribution in [3.05, 3.63) is 11.6 Å². The molecular weight excluding hydrogens is 462 g/mol. The Morgan fingerprint density at radius 2 is 1.83 bits per heavy atom. The molecule has 5 rings (SSSR count). The summed E-state index contributed by atoms with van der Waals surface area (Å²) in [5, 5.41) is 24.3. The molecule has 4 aliphatic carbocycles. The second-order valence-corrected chi connectivity index (χ2v) is 13.5. The van der Waals surface area contributed by atoms with Crippen LogP contribution < -0.4 is 0 Å². The molecule has 0 aromatic heterocycles. The third-order valence-electron chi connectivity index (χ3n) is 10.7. The lowest BCUT2D eigenvalue weighted by Gasteiger charge is -2.65. The summed E-state index contributed by atoms with van der Waals surface area (Å²) in [5.41, 5.74) is -2.57. The van der Waals surface area contributed by atoms with E-state index in [0.717, 1.165) is 31.1 Å². The molecule has 2 unspecified atom stereocenters. The van der Waals surface area contributed by atoms with E-state index in [2.05, 4.69) is 6.92 Å². The lowest BCUT2D eigenvalue weighted by Crippen LogP contribution is -2.69. The summed E-state index contributed by atoms with van der Waals surface area (Å²) in [6.07, 6.45) is 7.36. The molecule has 1 heterocycles. The standard InChI is InChI=1S/C28H42NO7/c1-25-9-6-21-22(28(25,34)12-8-20(25)18-13-23(31)35-16-18)7-11-27(33)14-19(5-10-26(21,27)17-30)36-24(32)15-29(2,3)4/h13,17,19-22,33-34H,5-12,14-16H2,1-4H3/q+1/t19-,20+,21?,22?,25+,26-,27-,28-/m0/s1. The molecule has 0 bridgehead atoms. The average molecular weight is 505 g/mol. The van der Waals surface area contributed by atoms with Gasteiger partial charge in [-0.15, -0.1) is 0 Å². The average Bonchev–Trinajstić information content (AvgIpc) is 3.31. The Balaban J connectivity index is 1.38. The van der Waals surface area contributed by atoms with Crippen molar-refractivity contribution < 1.29 is 38.6 Å². The van der Waals surface area contributed by atoms with Crippen molar-refractivity contribution in [3.8, 4) is 0 Å². The van der Waals surface area contributed by atoms with Gasteiger partial charge in [0.2, 0.25) is 0 Å². The quantitative estimate of drug-likeness (QED) is 0.335. The van der Waals surface area contributed by atoms with Gasteiger partial charge in [-0.3, -0.25) is 0 Å². The minimum absolute atomic E-state index is 0.0826. The Morgan fingerprint density at radius 3 is 2.47 bits per heavy atom. The monoisotopic (exact) mass is 504 g/mol. The Bertz CT molecular complexity index is 987. The van der Waals surface area contributed by atoms with Crippen molar-refractivity contribution in [2.45, 2.75) is 82.0 Å². The van der Waals surface area contributed by atoms with E-state index in [1.807, 2.05) is 21.1 Å². The molecule has 0 saturated heterocycles. The lowest BCUT2D eigenvalue weighted by atomic mass is 9.41. The largest absolute Gasteiger partial charge is 0.458 e. The highest BCUT2D eigenvalue weighted by molar-refractivity contribution is 5.85. The summed E-state index contributed by atoms with van der Waals surface area (Å²) in [5.74, 6) is -0.725. The van der Waals surface area contributed by atoms with Crippen LogP contribution in [-0.2, 0) is 23.9 Å². The van der Waals surface area contributed by atoms with Crippen LogP contribution in [0.25, 0.3) is 0 Å². The van der Waals surface area contributed by atoms with Gasteiger partial charge in [-0.25, -0.2) is 9.59 Å². The number of aliphatic hydroxyl groups is 2. The van der Waals surface area contributed by atoms with Gasteiger partial charge in [0.1, 0.15) is 19.0 Å². The first kappa shape index (κ1) is 25.9. The summed E-state index contributed by atoms with van der Waals surface area (Å²) < 4.78 is 11.4. The number of aldehydes is 1. The number of rotatable bonds is 5. The van der Waals surface area contributed by atoms with Gasteiger partial charge in [0, 0.05) is 17.9 Å². The molecule has 0 amide bonds. The number of carbonyl (C=O) groups excluding carboxylic acids is 3. The molecule has 8 atom stereocenters. The topological polar surface area (TPSA) is 110 Å². The smallest absolute Gasteiger partial charge is 0.362 e. The molecule has 200 valence electrons. The zero-order chi connectivity index (χ0) is 26.1. The fourth-order valence-electron chi connectivity index (χ4n) is 9.03. The number of fused-ring (bicyclic) bond motifs is 5. The zero-order valence-electron chi connectivity index (χ0n) is 22.1. The fraction of sp³-hybridized carbons (Fsp3) is 0.821. The molecule has 0 aromatic rings. The van der Waals surface area contributed by atoms with E-state index in [4.69, 9.17) is 9.47 Å². The number of carbonyl (C=O) groups is 3. The van der Waals surface area contributed by atoms with Gasteiger partial charge >= 0.3 is 11.9 Å². The van der Waals surface area contributed by atoms with Crippen LogP contribution in [0.5, 0.6) is 0 Å². The van der Waals surface area contributed by atoms with E-state index in [-0.39, 0.29) is 42.7 Å². The van der Waals surface area contributed by atoms with Crippen LogP contribution in [0.1, 0.15) is 64.7 Å². The van der Waals surface area contributed by atoms with Gasteiger partial charge in [-0.2, -0.15) is 0 Å². The zero-order valence-corrected chi connectivity index (χ0v) is 22.1. The summed E-state index contributed by atoms with van der Waals surface area (Å²) in [6.45, 7) is 2.69. The number of nitrogens with zero attached hydrogens (tertiary/aromatic N) is 1. The van der Waals surface area contributed by atoms with Gasteiger partial charge in [0.25, 0.3) is 0 Å². The Morgan fingerprint density at radius 1 is 1.11 bits per heavy atom. The first-order valence-corrected chi connectivity index (χ1v) is 13.6. The molecule has 8 heteroatoms. The van der Waals surface area contributed by atoms with E-state index in [1.54, 1.807) is 6.08 Å². The van der Waals surface area contributed by atoms with Crippen molar-refractivity contribution in [2.24, 2.45) is 28.6 Å². The van der Waals surface area contributed by atoms with Crippen LogP contribution in [0.15, 0.2) is 11.6 Å². The van der Waals surface area contributed by atoms with E-state index in [0.29, 0.717) is 43.2 Å². The van der Waals surface area contributed by atoms with Crippen molar-refractivity contribution >= 4 is 18.2 Å². The highest BCUT2D eigenvalue weighted by atomic mass is 16.5. The number of quaternary nitrogens is 1. The first-order chi connectivity index (χ1) is 16.8. The molecule has 5 aliphatic rings. The highest BCUT2D eigenvalue weighted by Gasteiger charge is 2.71. The van der Waals surface area contributed by atoms with Crippen LogP contribution in [-0.4, -0.2) is 84.5 Å². The third kappa shape index (κ3) is 3.70. The number of hydrogen-bond acceptors (Lipinski definition) is 7. The first-order valence-electron chi connectivity index (χ1n) is 13.6. The number of ether oxygens (including phenoxy) is 2. The summed E-state index contributed by atoms with van der Waals surface area (Å²) in [7, 11) is 5.78. The molecule has 0 spiro atoms. The van der Waals surface area contributed by atoms with Gasteiger partial charge in [-0.05, 0) is 74.7 Å². The van der Waals surface area contributed by atoms with Gasteiger partial charge < -0.3 is 29.0 Å². The molecule has 1 aliphatic heterocycles. The second-order valence-electron chi connectivity index (χ2n) is 13.5. The number of hydrogen-bond donors (Lipinski definition) is 2. The van der Waals surface area contributed by atoms with E-state index < -0.39 is 28.1 Å². The number of likely N-dealkylation sites (N-methyl/N-ethyl adjacent to an activating group) is 1. The molecule has 0 aromatic carbocycles. The van der Waals surface area contributed by atoms with Crippen LogP contribution >= 0.6 is 0 Å². The van der Waals surface area contributed by atoms with Gasteiger partial charge in [-0.1, -0.05) is 6.92 Å². The summed E-state index contributed by atoms with van der Waals surface area (Å²) in [4.78, 5) is 37.1. The third-order valence-corrected chi connectivity index (χ3v) is 10.7. The molecule has 0 radical (unpaired) electrons. The van der Waals surface area contributed by atoms with Crippen molar-refractivity contribution in [1.29, 1.82) is 0 Å². The molecule has 4 saturated carbocycles. The molecule has 2 N–H and O–H groups in total. The Kier molecular flexibility index (Phi) is 6.01. The molecular formula is C28H42NO7+. The van der Waals surface area contributed by atoms with Crippen LogP contribution in [0.3, 0.4) is 0 Å². The van der Waals surface area contributed by atoms with E-state index in [9.17, 15) is 24.6 Å². The van der Waals surface area contributed by atoms with E-state index >= 15 is 0 Å². The van der Waals surface area contributed by atoms with Crippen LogP contribution in [0, 0.1) is 28.6 Å². The van der Waals surface area contributed by atoms with Gasteiger partial charge in [0.05, 0.1) is 37.8 Å². The van der Waals surface area contributed by atoms with Crippen LogP contribution in [0.4, 0.5) is 0 Å². The fourth-order valence-corrected chi connectivity index (χ4v) is 9.03. The maximum Gasteiger partial charge on any atom is 0.362 e. The molecule has 4 fully saturated rings. The SMILES string of the molecule is C[C@]12CCC3C(CC[C@]4(O)C[C@@H](OC(=O)C[N+](C)(C)C)CC[C@]34C=O)[C@@]1(O)CC[C@@H]2C1=CC(=O)OC1. The van der Waals surface area contributed by atoms with Gasteiger partial charge in [0.15, 0.2) is 6.54 Å². The predicted octanol–water partition coefficient (Wildman–Crippen LogP) is 2.16. The number of cyclic esters (lactones) is 1. The maximum absolute atomic E-state index is 12.9. The predicted molar refractivity (Wildman–Crippen MR) is 130 cm³/mol. The lowest BCUT2D eigenvalue weighted by molar-refractivity contribution is -0.862. The Hall–Kier alpha value is -1.77. The van der Waals surface area contributed by atoms with Crippen molar-refractivity contribution in [1.82, 2.24) is 0 Å². The van der Waals surface area contributed by atoms with E-state index in [1.165, 1.54) is 0 Å². The molecule has 8 nitrogen and oxygen atoms in total. The minimum Gasteiger partial charge on any atom is -0.458 e. The van der Waals surface area contributed by atoms with Crippen LogP contribution in [0.2, 0.25) is 0 Å². The Labute approximate surface area is 213 Å². The minimum atomic E-state index is -1.24. The highest BCUT2D eigenvalue weighted by Crippen LogP contribution is 2.70. The normalized spacial score (nSPS) is 46.2. The van der Waals surface area contributed by atoms with Crippen molar-refractivity contribution in [3.63, 3.8) is 0 Å². The molecule has 36 heavy (non-hydrogen) atoms. The second kappa shape index (κ2) is 8.37. The number of esters is 2. The maximum atomic E-state index is 12.9. The summed E-state index contributed by atoms with van der Waals surface area (Å²) in [6, 6.07) is 0. The van der Waals surface area contributed by atoms with Crippen molar-refractivity contribution in [2.75, 3.05) is 34.3 Å². The summed E-state index contributed by atoms with van der Waals surface area (Å²) >= 11 is 0.